The van der Waals surface area contributed by atoms with Gasteiger partial charge in [-0.15, -0.1) is 0 Å². The fourth-order valence-corrected chi connectivity index (χ4v) is 2.73. The van der Waals surface area contributed by atoms with Crippen LogP contribution in [-0.2, 0) is 12.3 Å². The molecule has 0 radical (unpaired) electrons. The lowest BCUT2D eigenvalue weighted by Crippen LogP contribution is -2.25. The topological polar surface area (TPSA) is 9.23 Å². The lowest BCUT2D eigenvalue weighted by atomic mass is 10.0. The lowest BCUT2D eigenvalue weighted by molar-refractivity contribution is -0.189. The molecule has 3 rings (SSSR count). The summed E-state index contributed by atoms with van der Waals surface area (Å²) < 4.78 is 126. The summed E-state index contributed by atoms with van der Waals surface area (Å²) in [6.07, 6.45) is -10.2. The highest BCUT2D eigenvalue weighted by Crippen LogP contribution is 2.40. The minimum Gasteiger partial charge on any atom is -0.429 e. The Morgan fingerprint density at radius 2 is 1.03 bits per heavy atom. The number of ether oxygens (including phenoxy) is 1. The third-order valence-electron chi connectivity index (χ3n) is 3.99. The number of hydrogen-bond acceptors (Lipinski definition) is 1. The van der Waals surface area contributed by atoms with Gasteiger partial charge in [0.15, 0.2) is 0 Å². The van der Waals surface area contributed by atoms with E-state index >= 15 is 0 Å². The summed E-state index contributed by atoms with van der Waals surface area (Å²) in [4.78, 5) is 0. The SMILES string of the molecule is Fc1cc(OC(F)(F)c2c(F)cc(-c3ccccc3)cc2F)cc(F)c1C(F)(F)F. The average Bonchev–Trinajstić information content (AvgIpc) is 2.59. The summed E-state index contributed by atoms with van der Waals surface area (Å²) in [5, 5.41) is 0. The van der Waals surface area contributed by atoms with E-state index in [1.54, 1.807) is 18.2 Å². The predicted octanol–water partition coefficient (Wildman–Crippen LogP) is 7.06. The van der Waals surface area contributed by atoms with E-state index in [1.807, 2.05) is 0 Å². The van der Waals surface area contributed by atoms with Gasteiger partial charge in [0, 0.05) is 12.1 Å². The normalized spacial score (nSPS) is 12.2. The highest BCUT2D eigenvalue weighted by Gasteiger charge is 2.43. The fourth-order valence-electron chi connectivity index (χ4n) is 2.73. The number of halogens is 9. The van der Waals surface area contributed by atoms with E-state index in [-0.39, 0.29) is 17.7 Å². The smallest absolute Gasteiger partial charge is 0.429 e. The first-order chi connectivity index (χ1) is 13.9. The van der Waals surface area contributed by atoms with Crippen LogP contribution in [0.5, 0.6) is 5.75 Å². The molecule has 0 N–H and O–H groups in total. The molecule has 0 unspecified atom stereocenters. The van der Waals surface area contributed by atoms with Crippen molar-refractivity contribution in [2.45, 2.75) is 12.3 Å². The van der Waals surface area contributed by atoms with Crippen LogP contribution in [0.15, 0.2) is 54.6 Å². The van der Waals surface area contributed by atoms with E-state index in [4.69, 9.17) is 0 Å². The molecule has 0 saturated heterocycles. The monoisotopic (exact) mass is 436 g/mol. The van der Waals surface area contributed by atoms with Crippen LogP contribution < -0.4 is 4.74 Å². The highest BCUT2D eigenvalue weighted by atomic mass is 19.4. The van der Waals surface area contributed by atoms with Gasteiger partial charge < -0.3 is 4.74 Å². The molecule has 0 atom stereocenters. The van der Waals surface area contributed by atoms with E-state index in [0.29, 0.717) is 17.7 Å². The van der Waals surface area contributed by atoms with Crippen molar-refractivity contribution in [2.75, 3.05) is 0 Å². The zero-order valence-corrected chi connectivity index (χ0v) is 14.5. The molecule has 0 heterocycles. The van der Waals surface area contributed by atoms with Crippen LogP contribution in [0.4, 0.5) is 39.5 Å². The minimum absolute atomic E-state index is 0.0724. The van der Waals surface area contributed by atoms with Gasteiger partial charge in [0.25, 0.3) is 0 Å². The maximum Gasteiger partial charge on any atom is 0.432 e. The zero-order valence-electron chi connectivity index (χ0n) is 14.5. The summed E-state index contributed by atoms with van der Waals surface area (Å²) in [6.45, 7) is 0. The van der Waals surface area contributed by atoms with Crippen molar-refractivity contribution in [1.29, 1.82) is 0 Å². The Labute approximate surface area is 163 Å². The summed E-state index contributed by atoms with van der Waals surface area (Å²) in [5.74, 6) is -9.31. The Balaban J connectivity index is 1.98. The predicted molar refractivity (Wildman–Crippen MR) is 87.7 cm³/mol. The molecule has 30 heavy (non-hydrogen) atoms. The molecule has 1 nitrogen and oxygen atoms in total. The highest BCUT2D eigenvalue weighted by molar-refractivity contribution is 5.64. The summed E-state index contributed by atoms with van der Waals surface area (Å²) in [5.41, 5.74) is -3.94. The Morgan fingerprint density at radius 3 is 1.50 bits per heavy atom. The van der Waals surface area contributed by atoms with Crippen molar-refractivity contribution in [3.05, 3.63) is 89.0 Å². The van der Waals surface area contributed by atoms with E-state index in [1.165, 1.54) is 12.1 Å². The number of benzene rings is 3. The van der Waals surface area contributed by atoms with Crippen molar-refractivity contribution in [1.82, 2.24) is 0 Å². The molecule has 0 aliphatic carbocycles. The van der Waals surface area contributed by atoms with Crippen LogP contribution >= 0.6 is 0 Å². The molecule has 3 aromatic carbocycles. The quantitative estimate of drug-likeness (QED) is 0.398. The van der Waals surface area contributed by atoms with Gasteiger partial charge in [0.05, 0.1) is 0 Å². The fraction of sp³-hybridized carbons (Fsp3) is 0.100. The Morgan fingerprint density at radius 1 is 0.567 bits per heavy atom. The third-order valence-corrected chi connectivity index (χ3v) is 3.99. The summed E-state index contributed by atoms with van der Waals surface area (Å²) in [7, 11) is 0. The molecule has 0 aromatic heterocycles. The lowest BCUT2D eigenvalue weighted by Gasteiger charge is -2.20. The van der Waals surface area contributed by atoms with Gasteiger partial charge in [-0.25, -0.2) is 17.6 Å². The first kappa shape index (κ1) is 21.5. The van der Waals surface area contributed by atoms with Crippen molar-refractivity contribution in [3.8, 4) is 16.9 Å². The summed E-state index contributed by atoms with van der Waals surface area (Å²) in [6, 6.07) is 8.52. The molecule has 0 fully saturated rings. The maximum absolute atomic E-state index is 14.3. The van der Waals surface area contributed by atoms with Gasteiger partial charge in [-0.05, 0) is 23.3 Å². The summed E-state index contributed by atoms with van der Waals surface area (Å²) >= 11 is 0. The molecule has 0 aliphatic heterocycles. The van der Waals surface area contributed by atoms with Gasteiger partial charge in [0.1, 0.15) is 40.1 Å². The van der Waals surface area contributed by atoms with Gasteiger partial charge >= 0.3 is 12.3 Å². The second kappa shape index (κ2) is 7.58. The van der Waals surface area contributed by atoms with Gasteiger partial charge in [-0.3, -0.25) is 0 Å². The molecule has 158 valence electrons. The molecular formula is C20H9F9O. The minimum atomic E-state index is -5.43. The molecular weight excluding hydrogens is 427 g/mol. The van der Waals surface area contributed by atoms with Crippen molar-refractivity contribution < 1.29 is 44.3 Å². The van der Waals surface area contributed by atoms with E-state index in [9.17, 15) is 39.5 Å². The number of rotatable bonds is 4. The molecule has 10 heteroatoms. The van der Waals surface area contributed by atoms with Crippen LogP contribution in [0.3, 0.4) is 0 Å². The maximum atomic E-state index is 14.3. The Kier molecular flexibility index (Phi) is 5.44. The average molecular weight is 436 g/mol. The van der Waals surface area contributed by atoms with Crippen LogP contribution in [0, 0.1) is 23.3 Å². The van der Waals surface area contributed by atoms with Gasteiger partial charge in [-0.2, -0.15) is 22.0 Å². The zero-order chi connectivity index (χ0) is 22.3. The standard InChI is InChI=1S/C20H9F9O/c21-13-6-11(10-4-2-1-3-5-10)7-14(22)18(13)20(28,29)30-12-8-15(23)17(16(24)9-12)19(25,26)27/h1-9H. The van der Waals surface area contributed by atoms with Crippen molar-refractivity contribution in [2.24, 2.45) is 0 Å². The Hall–Kier alpha value is -3.17. The van der Waals surface area contributed by atoms with Crippen molar-refractivity contribution in [3.63, 3.8) is 0 Å². The molecule has 0 spiro atoms. The largest absolute Gasteiger partial charge is 0.432 e. The second-order valence-electron chi connectivity index (χ2n) is 6.06. The first-order valence-corrected chi connectivity index (χ1v) is 8.08. The van der Waals surface area contributed by atoms with Crippen LogP contribution in [0.2, 0.25) is 0 Å². The Bertz CT molecular complexity index is 1030. The number of hydrogen-bond donors (Lipinski definition) is 0. The van der Waals surface area contributed by atoms with E-state index < -0.39 is 52.4 Å². The van der Waals surface area contributed by atoms with E-state index in [0.717, 1.165) is 0 Å². The molecule has 0 saturated carbocycles. The van der Waals surface area contributed by atoms with Crippen LogP contribution in [0.1, 0.15) is 11.1 Å². The molecule has 0 aliphatic rings. The van der Waals surface area contributed by atoms with E-state index in [2.05, 4.69) is 4.74 Å². The second-order valence-corrected chi connectivity index (χ2v) is 6.06. The molecule has 0 amide bonds. The number of alkyl halides is 5. The van der Waals surface area contributed by atoms with Crippen LogP contribution in [0.25, 0.3) is 11.1 Å². The third kappa shape index (κ3) is 4.22. The van der Waals surface area contributed by atoms with Gasteiger partial charge in [-0.1, -0.05) is 30.3 Å². The molecule has 0 bridgehead atoms. The molecule has 3 aromatic rings. The van der Waals surface area contributed by atoms with Crippen molar-refractivity contribution >= 4 is 0 Å². The van der Waals surface area contributed by atoms with Crippen LogP contribution in [-0.4, -0.2) is 0 Å². The first-order valence-electron chi connectivity index (χ1n) is 8.08. The van der Waals surface area contributed by atoms with Gasteiger partial charge in [0.2, 0.25) is 0 Å².